The molecule has 2 aromatic carbocycles. The average molecular weight is 449 g/mol. The molecular formula is C25H21ClN2O4. The lowest BCUT2D eigenvalue weighted by Crippen LogP contribution is -2.29. The van der Waals surface area contributed by atoms with Gasteiger partial charge in [0.2, 0.25) is 5.76 Å². The largest absolute Gasteiger partial charge is 0.450 e. The molecule has 5 rings (SSSR count). The summed E-state index contributed by atoms with van der Waals surface area (Å²) in [5.74, 6) is 0.829. The van der Waals surface area contributed by atoms with Gasteiger partial charge in [0.1, 0.15) is 11.3 Å². The predicted octanol–water partition coefficient (Wildman–Crippen LogP) is 5.92. The lowest BCUT2D eigenvalue weighted by atomic mass is 9.95. The zero-order valence-electron chi connectivity index (χ0n) is 18.1. The zero-order chi connectivity index (χ0) is 22.7. The summed E-state index contributed by atoms with van der Waals surface area (Å²) in [5.41, 5.74) is 3.04. The molecule has 1 amide bonds. The van der Waals surface area contributed by atoms with E-state index in [9.17, 15) is 9.59 Å². The Balaban J connectivity index is 1.79. The predicted molar refractivity (Wildman–Crippen MR) is 123 cm³/mol. The number of carbonyl (C=O) groups excluding carboxylic acids is 1. The molecule has 0 N–H and O–H groups in total. The quantitative estimate of drug-likeness (QED) is 0.388. The molecule has 0 bridgehead atoms. The zero-order valence-corrected chi connectivity index (χ0v) is 18.9. The highest BCUT2D eigenvalue weighted by atomic mass is 35.5. The molecule has 0 fully saturated rings. The maximum absolute atomic E-state index is 13.6. The van der Waals surface area contributed by atoms with Crippen LogP contribution in [0.5, 0.6) is 0 Å². The number of carbonyl (C=O) groups is 1. The van der Waals surface area contributed by atoms with Crippen molar-refractivity contribution in [2.24, 2.45) is 0 Å². The number of fused-ring (bicyclic) bond motifs is 2. The summed E-state index contributed by atoms with van der Waals surface area (Å²) >= 11 is 6.29. The Kier molecular flexibility index (Phi) is 4.71. The molecule has 2 aromatic heterocycles. The van der Waals surface area contributed by atoms with E-state index in [1.807, 2.05) is 31.2 Å². The summed E-state index contributed by atoms with van der Waals surface area (Å²) in [6.45, 7) is 7.79. The van der Waals surface area contributed by atoms with Crippen LogP contribution in [0.3, 0.4) is 0 Å². The summed E-state index contributed by atoms with van der Waals surface area (Å²) in [6, 6.07) is 12.2. The third-order valence-corrected chi connectivity index (χ3v) is 6.34. The average Bonchev–Trinajstić information content (AvgIpc) is 3.31. The second-order valence-corrected chi connectivity index (χ2v) is 8.87. The number of halogens is 1. The van der Waals surface area contributed by atoms with Gasteiger partial charge in [0, 0.05) is 11.1 Å². The first-order valence-electron chi connectivity index (χ1n) is 10.4. The van der Waals surface area contributed by atoms with Crippen LogP contribution in [0.15, 0.2) is 56.2 Å². The van der Waals surface area contributed by atoms with E-state index in [1.54, 1.807) is 25.1 Å². The summed E-state index contributed by atoms with van der Waals surface area (Å²) in [4.78, 5) is 28.6. The van der Waals surface area contributed by atoms with Crippen LogP contribution in [-0.2, 0) is 0 Å². The molecule has 4 aromatic rings. The molecular weight excluding hydrogens is 428 g/mol. The first-order chi connectivity index (χ1) is 15.3. The highest BCUT2D eigenvalue weighted by molar-refractivity contribution is 6.32. The third kappa shape index (κ3) is 3.06. The third-order valence-electron chi connectivity index (χ3n) is 5.93. The van der Waals surface area contributed by atoms with Crippen molar-refractivity contribution in [2.75, 3.05) is 4.90 Å². The Labute approximate surface area is 189 Å². The van der Waals surface area contributed by atoms with Gasteiger partial charge >= 0.3 is 0 Å². The van der Waals surface area contributed by atoms with Crippen molar-refractivity contribution in [3.63, 3.8) is 0 Å². The summed E-state index contributed by atoms with van der Waals surface area (Å²) < 4.78 is 11.2. The highest BCUT2D eigenvalue weighted by Crippen LogP contribution is 2.41. The molecule has 1 aliphatic heterocycles. The first kappa shape index (κ1) is 20.5. The molecule has 0 unspecified atom stereocenters. The number of aryl methyl sites for hydroxylation is 2. The monoisotopic (exact) mass is 448 g/mol. The van der Waals surface area contributed by atoms with E-state index < -0.39 is 11.9 Å². The number of hydrogen-bond donors (Lipinski definition) is 0. The van der Waals surface area contributed by atoms with Crippen molar-refractivity contribution in [2.45, 2.75) is 39.7 Å². The molecule has 0 radical (unpaired) electrons. The van der Waals surface area contributed by atoms with Gasteiger partial charge in [-0.15, -0.1) is 0 Å². The molecule has 6 nitrogen and oxygen atoms in total. The lowest BCUT2D eigenvalue weighted by Gasteiger charge is -2.22. The van der Waals surface area contributed by atoms with Crippen LogP contribution in [-0.4, -0.2) is 11.1 Å². The number of hydrogen-bond acceptors (Lipinski definition) is 5. The maximum atomic E-state index is 13.6. The summed E-state index contributed by atoms with van der Waals surface area (Å²) in [7, 11) is 0. The highest BCUT2D eigenvalue weighted by Gasteiger charge is 2.45. The molecule has 7 heteroatoms. The van der Waals surface area contributed by atoms with Crippen molar-refractivity contribution < 1.29 is 13.7 Å². The van der Waals surface area contributed by atoms with Gasteiger partial charge in [0.25, 0.3) is 5.91 Å². The second-order valence-electron chi connectivity index (χ2n) is 8.47. The number of benzene rings is 2. The molecule has 0 saturated heterocycles. The van der Waals surface area contributed by atoms with Crippen molar-refractivity contribution in [1.29, 1.82) is 0 Å². The van der Waals surface area contributed by atoms with Crippen LogP contribution in [0.25, 0.3) is 11.0 Å². The summed E-state index contributed by atoms with van der Waals surface area (Å²) in [5, 5.41) is 4.86. The number of rotatable bonds is 3. The van der Waals surface area contributed by atoms with Crippen LogP contribution in [0.1, 0.15) is 64.4 Å². The molecule has 1 aliphatic rings. The fourth-order valence-corrected chi connectivity index (χ4v) is 4.34. The normalized spacial score (nSPS) is 15.8. The number of aromatic nitrogens is 1. The Bertz CT molecular complexity index is 1430. The molecule has 0 spiro atoms. The van der Waals surface area contributed by atoms with Gasteiger partial charge in [-0.25, -0.2) is 0 Å². The van der Waals surface area contributed by atoms with E-state index in [1.165, 1.54) is 4.90 Å². The molecule has 0 aliphatic carbocycles. The minimum absolute atomic E-state index is 0.0165. The van der Waals surface area contributed by atoms with Crippen molar-refractivity contribution >= 4 is 34.3 Å². The van der Waals surface area contributed by atoms with Gasteiger partial charge in [0.15, 0.2) is 11.2 Å². The Morgan fingerprint density at radius 3 is 2.41 bits per heavy atom. The van der Waals surface area contributed by atoms with Crippen LogP contribution < -0.4 is 10.3 Å². The minimum Gasteiger partial charge on any atom is -0.450 e. The first-order valence-corrected chi connectivity index (χ1v) is 10.8. The Morgan fingerprint density at radius 2 is 1.78 bits per heavy atom. The molecule has 0 saturated carbocycles. The number of anilines is 1. The van der Waals surface area contributed by atoms with Gasteiger partial charge in [-0.1, -0.05) is 54.9 Å². The van der Waals surface area contributed by atoms with Crippen LogP contribution in [0.4, 0.5) is 5.82 Å². The SMILES string of the molecule is Cc1cc(N2C(=O)c3oc4cc(C)c(Cl)cc4c(=O)c3[C@H]2c2ccc(C(C)C)cc2)no1. The topological polar surface area (TPSA) is 76.6 Å². The Morgan fingerprint density at radius 1 is 1.06 bits per heavy atom. The van der Waals surface area contributed by atoms with Gasteiger partial charge in [-0.3, -0.25) is 14.5 Å². The summed E-state index contributed by atoms with van der Waals surface area (Å²) in [6.07, 6.45) is 0. The molecule has 1 atom stereocenters. The maximum Gasteiger partial charge on any atom is 0.296 e. The van der Waals surface area contributed by atoms with Gasteiger partial charge in [-0.05, 0) is 48.6 Å². The molecule has 3 heterocycles. The van der Waals surface area contributed by atoms with Gasteiger partial charge in [-0.2, -0.15) is 0 Å². The minimum atomic E-state index is -0.691. The van der Waals surface area contributed by atoms with E-state index >= 15 is 0 Å². The van der Waals surface area contributed by atoms with Gasteiger partial charge < -0.3 is 8.94 Å². The molecule has 162 valence electrons. The Hall–Kier alpha value is -3.38. The lowest BCUT2D eigenvalue weighted by molar-refractivity contribution is 0.0969. The molecule has 32 heavy (non-hydrogen) atoms. The smallest absolute Gasteiger partial charge is 0.296 e. The van der Waals surface area contributed by atoms with E-state index in [0.717, 1.165) is 16.7 Å². The number of amides is 1. The van der Waals surface area contributed by atoms with Crippen LogP contribution in [0.2, 0.25) is 5.02 Å². The van der Waals surface area contributed by atoms with Crippen molar-refractivity contribution in [1.82, 2.24) is 5.16 Å². The fourth-order valence-electron chi connectivity index (χ4n) is 4.18. The fraction of sp³-hybridized carbons (Fsp3) is 0.240. The standard InChI is InChI=1S/C25H21ClN2O4/c1-12(2)15-5-7-16(8-6-15)22-21-23(29)17-11-18(26)13(3)9-19(17)31-24(21)25(30)28(22)20-10-14(4)32-27-20/h5-12,22H,1-4H3/t22-/m1/s1. The number of nitrogens with zero attached hydrogens (tertiary/aromatic N) is 2. The second kappa shape index (κ2) is 7.35. The van der Waals surface area contributed by atoms with E-state index in [-0.39, 0.29) is 16.8 Å². The van der Waals surface area contributed by atoms with Gasteiger partial charge in [0.05, 0.1) is 17.0 Å². The van der Waals surface area contributed by atoms with Crippen LogP contribution in [0, 0.1) is 13.8 Å². The van der Waals surface area contributed by atoms with Crippen LogP contribution >= 0.6 is 11.6 Å². The van der Waals surface area contributed by atoms with Crippen molar-refractivity contribution in [3.05, 3.63) is 91.5 Å². The van der Waals surface area contributed by atoms with E-state index in [4.69, 9.17) is 20.5 Å². The van der Waals surface area contributed by atoms with Crippen molar-refractivity contribution in [3.8, 4) is 0 Å². The van der Waals surface area contributed by atoms with E-state index in [0.29, 0.717) is 33.5 Å². The van der Waals surface area contributed by atoms with E-state index in [2.05, 4.69) is 19.0 Å².